The summed E-state index contributed by atoms with van der Waals surface area (Å²) in [5.74, 6) is -3.11. The molecule has 1 aromatic heterocycles. The Bertz CT molecular complexity index is 328. The number of rotatable bonds is 2. The lowest BCUT2D eigenvalue weighted by Gasteiger charge is -2.02. The predicted molar refractivity (Wildman–Crippen MR) is 42.2 cm³/mol. The van der Waals surface area contributed by atoms with E-state index in [4.69, 9.17) is 0 Å². The Morgan fingerprint density at radius 3 is 2.92 bits per heavy atom. The highest BCUT2D eigenvalue weighted by molar-refractivity contribution is 5.94. The maximum Gasteiger partial charge on any atom is 0.254 e. The minimum atomic E-state index is -1.26. The number of hydrogen-bond acceptors (Lipinski definition) is 2. The molecule has 0 unspecified atom stereocenters. The number of pyridine rings is 1. The van der Waals surface area contributed by atoms with Crippen molar-refractivity contribution in [3.8, 4) is 0 Å². The number of amides is 1. The summed E-state index contributed by atoms with van der Waals surface area (Å²) in [6, 6.07) is 1.13. The minimum absolute atomic E-state index is 0.325. The van der Waals surface area contributed by atoms with E-state index in [9.17, 15) is 13.6 Å². The Labute approximate surface area is 73.8 Å². The number of nitrogens with one attached hydrogen (secondary N) is 1. The van der Waals surface area contributed by atoms with Crippen molar-refractivity contribution in [2.45, 2.75) is 6.92 Å². The molecule has 0 aliphatic rings. The molecule has 1 amide bonds. The summed E-state index contributed by atoms with van der Waals surface area (Å²) in [7, 11) is 0. The predicted octanol–water partition coefficient (Wildman–Crippen LogP) is 1.11. The molecule has 1 rings (SSSR count). The summed E-state index contributed by atoms with van der Waals surface area (Å²) in [6.45, 7) is 2.05. The summed E-state index contributed by atoms with van der Waals surface area (Å²) in [4.78, 5) is 14.1. The number of carbonyl (C=O) groups is 1. The molecule has 0 spiro atoms. The van der Waals surface area contributed by atoms with E-state index in [1.807, 2.05) is 0 Å². The summed E-state index contributed by atoms with van der Waals surface area (Å²) < 4.78 is 25.4. The van der Waals surface area contributed by atoms with Crippen LogP contribution in [0.2, 0.25) is 0 Å². The first-order valence-electron chi connectivity index (χ1n) is 3.75. The quantitative estimate of drug-likeness (QED) is 0.703. The highest BCUT2D eigenvalue weighted by Crippen LogP contribution is 2.08. The lowest BCUT2D eigenvalue weighted by molar-refractivity contribution is 0.0950. The standard InChI is InChI=1S/C8H8F2N2O/c1-2-11-8(13)5-3-4-12-7(10)6(5)9/h3-4H,2H2,1H3,(H,11,13). The maximum atomic E-state index is 12.9. The number of nitrogens with zero attached hydrogens (tertiary/aromatic N) is 1. The molecule has 0 radical (unpaired) electrons. The molecule has 1 aromatic rings. The molecule has 3 nitrogen and oxygen atoms in total. The lowest BCUT2D eigenvalue weighted by atomic mass is 10.2. The van der Waals surface area contributed by atoms with E-state index in [0.717, 1.165) is 12.3 Å². The van der Waals surface area contributed by atoms with Gasteiger partial charge in [0.15, 0.2) is 5.82 Å². The molecule has 0 atom stereocenters. The smallest absolute Gasteiger partial charge is 0.254 e. The van der Waals surface area contributed by atoms with Crippen molar-refractivity contribution in [1.82, 2.24) is 10.3 Å². The Kier molecular flexibility index (Phi) is 2.89. The van der Waals surface area contributed by atoms with Crippen molar-refractivity contribution in [3.05, 3.63) is 29.6 Å². The molecule has 0 saturated carbocycles. The molecular formula is C8H8F2N2O. The molecule has 1 heterocycles. The van der Waals surface area contributed by atoms with Crippen molar-refractivity contribution in [1.29, 1.82) is 0 Å². The van der Waals surface area contributed by atoms with Crippen molar-refractivity contribution in [2.75, 3.05) is 6.54 Å². The van der Waals surface area contributed by atoms with Gasteiger partial charge in [-0.15, -0.1) is 0 Å². The van der Waals surface area contributed by atoms with Crippen LogP contribution >= 0.6 is 0 Å². The van der Waals surface area contributed by atoms with Gasteiger partial charge in [0.1, 0.15) is 0 Å². The molecule has 0 fully saturated rings. The van der Waals surface area contributed by atoms with Crippen LogP contribution in [-0.2, 0) is 0 Å². The maximum absolute atomic E-state index is 12.9. The molecule has 0 aliphatic carbocycles. The number of carbonyl (C=O) groups excluding carboxylic acids is 1. The van der Waals surface area contributed by atoms with Crippen molar-refractivity contribution < 1.29 is 13.6 Å². The normalized spacial score (nSPS) is 9.77. The van der Waals surface area contributed by atoms with Crippen LogP contribution < -0.4 is 5.32 Å². The molecular weight excluding hydrogens is 178 g/mol. The van der Waals surface area contributed by atoms with Crippen LogP contribution in [0.5, 0.6) is 0 Å². The Morgan fingerprint density at radius 2 is 2.31 bits per heavy atom. The first kappa shape index (κ1) is 9.57. The van der Waals surface area contributed by atoms with E-state index in [1.54, 1.807) is 6.92 Å². The Hall–Kier alpha value is -1.52. The van der Waals surface area contributed by atoms with E-state index in [2.05, 4.69) is 10.3 Å². The zero-order chi connectivity index (χ0) is 9.84. The van der Waals surface area contributed by atoms with Gasteiger partial charge in [-0.1, -0.05) is 0 Å². The molecule has 0 bridgehead atoms. The second-order valence-electron chi connectivity index (χ2n) is 2.32. The SMILES string of the molecule is CCNC(=O)c1ccnc(F)c1F. The molecule has 5 heteroatoms. The van der Waals surface area contributed by atoms with E-state index in [-0.39, 0.29) is 5.56 Å². The van der Waals surface area contributed by atoms with E-state index >= 15 is 0 Å². The van der Waals surface area contributed by atoms with Crippen LogP contribution in [0.1, 0.15) is 17.3 Å². The van der Waals surface area contributed by atoms with Crippen LogP contribution in [-0.4, -0.2) is 17.4 Å². The molecule has 0 aliphatic heterocycles. The van der Waals surface area contributed by atoms with Crippen LogP contribution in [0.3, 0.4) is 0 Å². The Balaban J connectivity index is 3.01. The molecule has 70 valence electrons. The average molecular weight is 186 g/mol. The van der Waals surface area contributed by atoms with Crippen LogP contribution in [0, 0.1) is 11.8 Å². The van der Waals surface area contributed by atoms with Gasteiger partial charge in [-0.25, -0.2) is 9.37 Å². The molecule has 13 heavy (non-hydrogen) atoms. The van der Waals surface area contributed by atoms with Crippen LogP contribution in [0.15, 0.2) is 12.3 Å². The number of aromatic nitrogens is 1. The minimum Gasteiger partial charge on any atom is -0.352 e. The summed E-state index contributed by atoms with van der Waals surface area (Å²) in [6.07, 6.45) is 1.04. The van der Waals surface area contributed by atoms with E-state index in [0.29, 0.717) is 6.54 Å². The van der Waals surface area contributed by atoms with Gasteiger partial charge in [0, 0.05) is 12.7 Å². The van der Waals surface area contributed by atoms with Gasteiger partial charge in [0.2, 0.25) is 5.95 Å². The van der Waals surface area contributed by atoms with Crippen LogP contribution in [0.4, 0.5) is 8.78 Å². The number of halogens is 2. The average Bonchev–Trinajstić information content (AvgIpc) is 2.10. The van der Waals surface area contributed by atoms with E-state index in [1.165, 1.54) is 0 Å². The third-order valence-corrected chi connectivity index (χ3v) is 1.43. The first-order valence-corrected chi connectivity index (χ1v) is 3.75. The summed E-state index contributed by atoms with van der Waals surface area (Å²) in [5.41, 5.74) is -0.325. The number of hydrogen-bond donors (Lipinski definition) is 1. The third kappa shape index (κ3) is 1.99. The second kappa shape index (κ2) is 3.93. The van der Waals surface area contributed by atoms with Gasteiger partial charge in [-0.3, -0.25) is 4.79 Å². The second-order valence-corrected chi connectivity index (χ2v) is 2.32. The summed E-state index contributed by atoms with van der Waals surface area (Å²) >= 11 is 0. The molecule has 0 aromatic carbocycles. The van der Waals surface area contributed by atoms with Gasteiger partial charge in [-0.05, 0) is 13.0 Å². The molecule has 1 N–H and O–H groups in total. The topological polar surface area (TPSA) is 42.0 Å². The van der Waals surface area contributed by atoms with Gasteiger partial charge < -0.3 is 5.32 Å². The fourth-order valence-corrected chi connectivity index (χ4v) is 0.849. The summed E-state index contributed by atoms with van der Waals surface area (Å²) in [5, 5.41) is 2.36. The highest BCUT2D eigenvalue weighted by atomic mass is 19.2. The first-order chi connectivity index (χ1) is 6.16. The third-order valence-electron chi connectivity index (χ3n) is 1.43. The Morgan fingerprint density at radius 1 is 1.62 bits per heavy atom. The van der Waals surface area contributed by atoms with Crippen molar-refractivity contribution >= 4 is 5.91 Å². The zero-order valence-electron chi connectivity index (χ0n) is 6.97. The van der Waals surface area contributed by atoms with Gasteiger partial charge in [-0.2, -0.15) is 4.39 Å². The molecule has 0 saturated heterocycles. The largest absolute Gasteiger partial charge is 0.352 e. The highest BCUT2D eigenvalue weighted by Gasteiger charge is 2.14. The van der Waals surface area contributed by atoms with E-state index < -0.39 is 17.7 Å². The fourth-order valence-electron chi connectivity index (χ4n) is 0.849. The monoisotopic (exact) mass is 186 g/mol. The lowest BCUT2D eigenvalue weighted by Crippen LogP contribution is -2.24. The van der Waals surface area contributed by atoms with Gasteiger partial charge >= 0.3 is 0 Å². The van der Waals surface area contributed by atoms with Gasteiger partial charge in [0.05, 0.1) is 5.56 Å². The van der Waals surface area contributed by atoms with Crippen LogP contribution in [0.25, 0.3) is 0 Å². The fraction of sp³-hybridized carbons (Fsp3) is 0.250. The van der Waals surface area contributed by atoms with Gasteiger partial charge in [0.25, 0.3) is 5.91 Å². The van der Waals surface area contributed by atoms with Crippen molar-refractivity contribution in [2.24, 2.45) is 0 Å². The zero-order valence-corrected chi connectivity index (χ0v) is 6.97. The van der Waals surface area contributed by atoms with Crippen molar-refractivity contribution in [3.63, 3.8) is 0 Å².